The van der Waals surface area contributed by atoms with E-state index in [1.165, 1.54) is 5.57 Å². The lowest BCUT2D eigenvalue weighted by molar-refractivity contribution is 1.23. The molecule has 0 aromatic rings. The van der Waals surface area contributed by atoms with Gasteiger partial charge in [0.1, 0.15) is 0 Å². The molecule has 1 aliphatic rings. The maximum atomic E-state index is 4.41. The Morgan fingerprint density at radius 2 is 1.76 bits per heavy atom. The first-order chi connectivity index (χ1) is 8.28. The minimum absolute atomic E-state index is 0.838. The first-order valence-corrected chi connectivity index (χ1v) is 5.64. The van der Waals surface area contributed by atoms with E-state index in [-0.39, 0.29) is 0 Å². The number of nitrogens with zero attached hydrogens (tertiary/aromatic N) is 2. The van der Waals surface area contributed by atoms with Gasteiger partial charge in [-0.25, -0.2) is 0 Å². The van der Waals surface area contributed by atoms with Crippen LogP contribution in [-0.2, 0) is 0 Å². The minimum atomic E-state index is 0.838. The van der Waals surface area contributed by atoms with Gasteiger partial charge in [0.2, 0.25) is 0 Å². The Morgan fingerprint density at radius 3 is 2.29 bits per heavy atom. The van der Waals surface area contributed by atoms with E-state index in [9.17, 15) is 0 Å². The maximum absolute atomic E-state index is 4.41. The average Bonchev–Trinajstić information content (AvgIpc) is 2.66. The van der Waals surface area contributed by atoms with Crippen molar-refractivity contribution in [3.8, 4) is 0 Å². The Labute approximate surface area is 103 Å². The van der Waals surface area contributed by atoms with Crippen LogP contribution in [0.4, 0.5) is 0 Å². The molecule has 0 radical (unpaired) electrons. The van der Waals surface area contributed by atoms with Crippen molar-refractivity contribution in [2.45, 2.75) is 20.3 Å². The topological polar surface area (TPSA) is 24.7 Å². The summed E-state index contributed by atoms with van der Waals surface area (Å²) in [5, 5.41) is 0. The van der Waals surface area contributed by atoms with Crippen molar-refractivity contribution >= 4 is 12.4 Å². The van der Waals surface area contributed by atoms with E-state index in [0.29, 0.717) is 0 Å². The van der Waals surface area contributed by atoms with Gasteiger partial charge in [0, 0.05) is 18.9 Å². The van der Waals surface area contributed by atoms with Crippen molar-refractivity contribution in [2.24, 2.45) is 9.98 Å². The van der Waals surface area contributed by atoms with Crippen LogP contribution in [-0.4, -0.2) is 12.4 Å². The molecule has 0 fully saturated rings. The molecule has 0 aliphatic heterocycles. The van der Waals surface area contributed by atoms with E-state index in [2.05, 4.69) is 29.2 Å². The van der Waals surface area contributed by atoms with Crippen LogP contribution in [0.1, 0.15) is 20.3 Å². The second-order valence-electron chi connectivity index (χ2n) is 3.53. The van der Waals surface area contributed by atoms with Gasteiger partial charge in [-0.3, -0.25) is 9.98 Å². The highest BCUT2D eigenvalue weighted by molar-refractivity contribution is 5.73. The molecular weight excluding hydrogens is 208 g/mol. The monoisotopic (exact) mass is 226 g/mol. The molecule has 0 amide bonds. The highest BCUT2D eigenvalue weighted by Crippen LogP contribution is 2.35. The van der Waals surface area contributed by atoms with E-state index in [1.807, 2.05) is 26.0 Å². The highest BCUT2D eigenvalue weighted by Gasteiger charge is 2.20. The van der Waals surface area contributed by atoms with Crippen molar-refractivity contribution in [1.29, 1.82) is 0 Å². The van der Waals surface area contributed by atoms with Crippen molar-refractivity contribution in [3.05, 3.63) is 60.0 Å². The van der Waals surface area contributed by atoms with Crippen LogP contribution in [0, 0.1) is 0 Å². The zero-order chi connectivity index (χ0) is 12.7. The molecule has 1 aliphatic carbocycles. The Kier molecular flexibility index (Phi) is 5.08. The number of allylic oxidation sites excluding steroid dienone is 6. The summed E-state index contributed by atoms with van der Waals surface area (Å²) in [6.07, 6.45) is 11.9. The molecule has 88 valence electrons. The molecule has 0 unspecified atom stereocenters. The Bertz CT molecular complexity index is 457. The van der Waals surface area contributed by atoms with Crippen LogP contribution in [0.2, 0.25) is 0 Å². The highest BCUT2D eigenvalue weighted by atomic mass is 14.9. The van der Waals surface area contributed by atoms with E-state index in [4.69, 9.17) is 0 Å². The third-order valence-corrected chi connectivity index (χ3v) is 2.40. The van der Waals surface area contributed by atoms with E-state index < -0.39 is 0 Å². The molecule has 0 spiro atoms. The summed E-state index contributed by atoms with van der Waals surface area (Å²) in [5.74, 6) is 0. The number of aliphatic imine (C=N–C) groups is 2. The minimum Gasteiger partial charge on any atom is -0.259 e. The fraction of sp³-hybridized carbons (Fsp3) is 0.200. The van der Waals surface area contributed by atoms with Crippen LogP contribution in [0.25, 0.3) is 0 Å². The van der Waals surface area contributed by atoms with Gasteiger partial charge in [0.15, 0.2) is 0 Å². The zero-order valence-electron chi connectivity index (χ0n) is 10.5. The summed E-state index contributed by atoms with van der Waals surface area (Å²) >= 11 is 0. The Hall–Kier alpha value is -1.96. The zero-order valence-corrected chi connectivity index (χ0v) is 10.5. The molecule has 0 heterocycles. The molecule has 0 N–H and O–H groups in total. The van der Waals surface area contributed by atoms with E-state index in [0.717, 1.165) is 23.4 Å². The molecule has 1 rings (SSSR count). The summed E-state index contributed by atoms with van der Waals surface area (Å²) in [4.78, 5) is 8.79. The van der Waals surface area contributed by atoms with Gasteiger partial charge in [0.25, 0.3) is 0 Å². The molecule has 0 aromatic carbocycles. The van der Waals surface area contributed by atoms with Crippen molar-refractivity contribution in [2.75, 3.05) is 0 Å². The molecule has 0 atom stereocenters. The molecule has 0 saturated heterocycles. The summed E-state index contributed by atoms with van der Waals surface area (Å²) in [6, 6.07) is 0. The number of hydrogen-bond donors (Lipinski definition) is 0. The van der Waals surface area contributed by atoms with Crippen LogP contribution in [0.5, 0.6) is 0 Å². The average molecular weight is 226 g/mol. The summed E-state index contributed by atoms with van der Waals surface area (Å²) in [5.41, 5.74) is 4.11. The summed E-state index contributed by atoms with van der Waals surface area (Å²) < 4.78 is 0. The van der Waals surface area contributed by atoms with Crippen molar-refractivity contribution in [3.63, 3.8) is 0 Å². The Morgan fingerprint density at radius 1 is 1.06 bits per heavy atom. The smallest absolute Gasteiger partial charge is 0.0924 e. The quantitative estimate of drug-likeness (QED) is 0.633. The van der Waals surface area contributed by atoms with Crippen LogP contribution >= 0.6 is 0 Å². The molecular formula is C15H18N2. The second kappa shape index (κ2) is 6.59. The van der Waals surface area contributed by atoms with Gasteiger partial charge < -0.3 is 0 Å². The third-order valence-electron chi connectivity index (χ3n) is 2.40. The van der Waals surface area contributed by atoms with E-state index in [1.54, 1.807) is 18.5 Å². The second-order valence-corrected chi connectivity index (χ2v) is 3.53. The molecule has 0 saturated carbocycles. The van der Waals surface area contributed by atoms with E-state index >= 15 is 0 Å². The molecule has 0 bridgehead atoms. The predicted molar refractivity (Wildman–Crippen MR) is 76.5 cm³/mol. The van der Waals surface area contributed by atoms with Crippen LogP contribution in [0.15, 0.2) is 70.0 Å². The van der Waals surface area contributed by atoms with Gasteiger partial charge in [-0.15, -0.1) is 0 Å². The Balaban J connectivity index is 3.27. The summed E-state index contributed by atoms with van der Waals surface area (Å²) in [6.45, 7) is 11.4. The lowest BCUT2D eigenvalue weighted by Crippen LogP contribution is -1.84. The van der Waals surface area contributed by atoms with Gasteiger partial charge >= 0.3 is 0 Å². The van der Waals surface area contributed by atoms with Gasteiger partial charge in [-0.05, 0) is 25.0 Å². The predicted octanol–water partition coefficient (Wildman–Crippen LogP) is 4.01. The molecule has 2 nitrogen and oxygen atoms in total. The van der Waals surface area contributed by atoms with Crippen molar-refractivity contribution < 1.29 is 0 Å². The molecule has 17 heavy (non-hydrogen) atoms. The lowest BCUT2D eigenvalue weighted by Gasteiger charge is -1.99. The molecule has 0 aromatic heterocycles. The SMILES string of the molecule is C=C/C=N\C1=C(C=C)CC(/C=C\C)=C1/N=C\C. The summed E-state index contributed by atoms with van der Waals surface area (Å²) in [7, 11) is 0. The van der Waals surface area contributed by atoms with Gasteiger partial charge in [-0.2, -0.15) is 0 Å². The number of rotatable bonds is 5. The fourth-order valence-electron chi connectivity index (χ4n) is 1.73. The molecule has 2 heteroatoms. The largest absolute Gasteiger partial charge is 0.259 e. The fourth-order valence-corrected chi connectivity index (χ4v) is 1.73. The van der Waals surface area contributed by atoms with Crippen LogP contribution < -0.4 is 0 Å². The first kappa shape index (κ1) is 13.1. The first-order valence-electron chi connectivity index (χ1n) is 5.64. The van der Waals surface area contributed by atoms with Gasteiger partial charge in [0.05, 0.1) is 11.4 Å². The maximum Gasteiger partial charge on any atom is 0.0924 e. The lowest BCUT2D eigenvalue weighted by atomic mass is 10.1. The van der Waals surface area contributed by atoms with Crippen molar-refractivity contribution in [1.82, 2.24) is 0 Å². The third kappa shape index (κ3) is 3.00. The normalized spacial score (nSPS) is 17.1. The number of hydrogen-bond acceptors (Lipinski definition) is 2. The van der Waals surface area contributed by atoms with Gasteiger partial charge in [-0.1, -0.05) is 37.5 Å². The standard InChI is InChI=1S/C15H18N2/c1-5-9-13-11-12(7-3)14(17-10-6-2)15(13)16-8-4/h5-10H,2-3,11H2,1,4H3/b9-5-,16-8-,17-10-. The van der Waals surface area contributed by atoms with Crippen LogP contribution in [0.3, 0.4) is 0 Å².